The van der Waals surface area contributed by atoms with Crippen molar-refractivity contribution in [2.45, 2.75) is 19.8 Å². The van der Waals surface area contributed by atoms with Gasteiger partial charge in [-0.2, -0.15) is 0 Å². The second-order valence-electron chi connectivity index (χ2n) is 5.72. The van der Waals surface area contributed by atoms with Crippen LogP contribution in [0.1, 0.15) is 30.1 Å². The molecule has 0 unspecified atom stereocenters. The summed E-state index contributed by atoms with van der Waals surface area (Å²) in [5.41, 5.74) is 0.634. The third kappa shape index (κ3) is 4.30. The molecule has 0 bridgehead atoms. The predicted molar refractivity (Wildman–Crippen MR) is 87.4 cm³/mol. The van der Waals surface area contributed by atoms with Crippen LogP contribution in [0.3, 0.4) is 0 Å². The number of hydrogen-bond acceptors (Lipinski definition) is 5. The summed E-state index contributed by atoms with van der Waals surface area (Å²) in [5.74, 6) is -0.399. The third-order valence-corrected chi connectivity index (χ3v) is 4.12. The van der Waals surface area contributed by atoms with Gasteiger partial charge in [0.25, 0.3) is 0 Å². The van der Waals surface area contributed by atoms with Crippen LogP contribution in [0.15, 0.2) is 24.3 Å². The van der Waals surface area contributed by atoms with Crippen LogP contribution in [0.4, 0.5) is 5.69 Å². The van der Waals surface area contributed by atoms with E-state index in [4.69, 9.17) is 9.47 Å². The molecule has 23 heavy (non-hydrogen) atoms. The summed E-state index contributed by atoms with van der Waals surface area (Å²) in [6.45, 7) is 4.12. The monoisotopic (exact) mass is 320 g/mol. The van der Waals surface area contributed by atoms with Crippen LogP contribution in [0.5, 0.6) is 0 Å². The Morgan fingerprint density at radius 3 is 2.43 bits per heavy atom. The van der Waals surface area contributed by atoms with Crippen LogP contribution in [0, 0.1) is 5.41 Å². The zero-order valence-electron chi connectivity index (χ0n) is 13.7. The van der Waals surface area contributed by atoms with Gasteiger partial charge in [-0.1, -0.05) is 0 Å². The summed E-state index contributed by atoms with van der Waals surface area (Å²) in [5, 5.41) is 6.20. The number of piperidine rings is 1. The van der Waals surface area contributed by atoms with E-state index in [1.165, 1.54) is 0 Å². The normalized spacial score (nSPS) is 16.6. The zero-order valence-corrected chi connectivity index (χ0v) is 13.7. The lowest BCUT2D eigenvalue weighted by Crippen LogP contribution is -2.47. The van der Waals surface area contributed by atoms with Crippen molar-refractivity contribution < 1.29 is 19.1 Å². The average molecular weight is 320 g/mol. The Kier molecular flexibility index (Phi) is 6.12. The van der Waals surface area contributed by atoms with Gasteiger partial charge in [-0.25, -0.2) is 4.79 Å². The quantitative estimate of drug-likeness (QED) is 0.782. The van der Waals surface area contributed by atoms with E-state index in [1.807, 2.05) is 0 Å². The van der Waals surface area contributed by atoms with Crippen molar-refractivity contribution in [2.24, 2.45) is 5.41 Å². The molecule has 2 rings (SSSR count). The molecule has 1 fully saturated rings. The van der Waals surface area contributed by atoms with E-state index in [0.717, 1.165) is 25.9 Å². The van der Waals surface area contributed by atoms with Crippen molar-refractivity contribution in [1.29, 1.82) is 0 Å². The standard InChI is InChI=1S/C17H24N2O4/c1-3-23-15(20)13-4-6-14(7-5-13)19-16(21)17(12-22-2)8-10-18-11-9-17/h4-7,18H,3,8-12H2,1-2H3,(H,19,21). The highest BCUT2D eigenvalue weighted by Gasteiger charge is 2.39. The fraction of sp³-hybridized carbons (Fsp3) is 0.529. The first-order chi connectivity index (χ1) is 11.1. The van der Waals surface area contributed by atoms with Gasteiger partial charge in [0.15, 0.2) is 0 Å². The molecule has 1 amide bonds. The van der Waals surface area contributed by atoms with Crippen LogP contribution in [0.2, 0.25) is 0 Å². The Bertz CT molecular complexity index is 531. The SMILES string of the molecule is CCOC(=O)c1ccc(NC(=O)C2(COC)CCNCC2)cc1. The molecule has 0 radical (unpaired) electrons. The van der Waals surface area contributed by atoms with E-state index in [-0.39, 0.29) is 11.9 Å². The van der Waals surface area contributed by atoms with Gasteiger partial charge in [0.2, 0.25) is 5.91 Å². The van der Waals surface area contributed by atoms with Gasteiger partial charge in [-0.05, 0) is 57.1 Å². The summed E-state index contributed by atoms with van der Waals surface area (Å²) in [4.78, 5) is 24.3. The largest absolute Gasteiger partial charge is 0.462 e. The molecule has 2 N–H and O–H groups in total. The summed E-state index contributed by atoms with van der Waals surface area (Å²) in [7, 11) is 1.62. The highest BCUT2D eigenvalue weighted by molar-refractivity contribution is 5.96. The maximum Gasteiger partial charge on any atom is 0.338 e. The van der Waals surface area contributed by atoms with Crippen molar-refractivity contribution in [3.8, 4) is 0 Å². The molecule has 6 heteroatoms. The number of nitrogens with one attached hydrogen (secondary N) is 2. The van der Waals surface area contributed by atoms with Crippen molar-refractivity contribution in [3.05, 3.63) is 29.8 Å². The highest BCUT2D eigenvalue weighted by atomic mass is 16.5. The van der Waals surface area contributed by atoms with Crippen LogP contribution >= 0.6 is 0 Å². The summed E-state index contributed by atoms with van der Waals surface area (Å²) < 4.78 is 10.2. The minimum absolute atomic E-state index is 0.0373. The second-order valence-corrected chi connectivity index (χ2v) is 5.72. The minimum Gasteiger partial charge on any atom is -0.462 e. The molecule has 126 valence electrons. The molecule has 1 aliphatic heterocycles. The molecule has 0 saturated carbocycles. The maximum atomic E-state index is 12.7. The first-order valence-corrected chi connectivity index (χ1v) is 7.89. The number of rotatable bonds is 6. The molecule has 0 aliphatic carbocycles. The number of hydrogen-bond donors (Lipinski definition) is 2. The Morgan fingerprint density at radius 2 is 1.87 bits per heavy atom. The van der Waals surface area contributed by atoms with Crippen LogP contribution in [-0.2, 0) is 14.3 Å². The van der Waals surface area contributed by atoms with Gasteiger partial charge >= 0.3 is 5.97 Å². The van der Waals surface area contributed by atoms with Crippen molar-refractivity contribution >= 4 is 17.6 Å². The molecule has 6 nitrogen and oxygen atoms in total. The average Bonchev–Trinajstić information content (AvgIpc) is 2.57. The number of esters is 1. The van der Waals surface area contributed by atoms with Gasteiger partial charge in [-0.3, -0.25) is 4.79 Å². The van der Waals surface area contributed by atoms with Crippen molar-refractivity contribution in [3.63, 3.8) is 0 Å². The van der Waals surface area contributed by atoms with Crippen LogP contribution < -0.4 is 10.6 Å². The number of carbonyl (C=O) groups is 2. The van der Waals surface area contributed by atoms with Crippen molar-refractivity contribution in [1.82, 2.24) is 5.32 Å². The van der Waals surface area contributed by atoms with E-state index in [2.05, 4.69) is 10.6 Å². The minimum atomic E-state index is -0.500. The highest BCUT2D eigenvalue weighted by Crippen LogP contribution is 2.30. The maximum absolute atomic E-state index is 12.7. The zero-order chi connectivity index (χ0) is 16.7. The lowest BCUT2D eigenvalue weighted by atomic mass is 9.78. The van der Waals surface area contributed by atoms with Gasteiger partial charge in [0.05, 0.1) is 24.2 Å². The van der Waals surface area contributed by atoms with E-state index in [1.54, 1.807) is 38.3 Å². The fourth-order valence-electron chi connectivity index (χ4n) is 2.79. The molecule has 0 spiro atoms. The molecular formula is C17H24N2O4. The first-order valence-electron chi connectivity index (χ1n) is 7.89. The molecule has 1 aromatic rings. The van der Waals surface area contributed by atoms with Gasteiger partial charge in [0, 0.05) is 12.8 Å². The van der Waals surface area contributed by atoms with Gasteiger partial charge in [0.1, 0.15) is 0 Å². The van der Waals surface area contributed by atoms with Gasteiger partial charge < -0.3 is 20.1 Å². The van der Waals surface area contributed by atoms with Crippen LogP contribution in [-0.4, -0.2) is 45.3 Å². The first kappa shape index (κ1) is 17.4. The topological polar surface area (TPSA) is 76.7 Å². The van der Waals surface area contributed by atoms with Crippen molar-refractivity contribution in [2.75, 3.05) is 38.7 Å². The smallest absolute Gasteiger partial charge is 0.338 e. The Morgan fingerprint density at radius 1 is 1.22 bits per heavy atom. The lowest BCUT2D eigenvalue weighted by Gasteiger charge is -2.35. The molecule has 1 heterocycles. The lowest BCUT2D eigenvalue weighted by molar-refractivity contribution is -0.130. The Balaban J connectivity index is 2.05. The third-order valence-electron chi connectivity index (χ3n) is 4.12. The second kappa shape index (κ2) is 8.08. The van der Waals surface area contributed by atoms with E-state index >= 15 is 0 Å². The van der Waals surface area contributed by atoms with E-state index in [9.17, 15) is 9.59 Å². The molecule has 1 saturated heterocycles. The Labute approximate surface area is 136 Å². The van der Waals surface area contributed by atoms with Crippen LogP contribution in [0.25, 0.3) is 0 Å². The number of carbonyl (C=O) groups excluding carboxylic acids is 2. The van der Waals surface area contributed by atoms with E-state index < -0.39 is 5.41 Å². The molecule has 0 aromatic heterocycles. The van der Waals surface area contributed by atoms with E-state index in [0.29, 0.717) is 24.5 Å². The molecule has 0 atom stereocenters. The molecule has 1 aliphatic rings. The molecular weight excluding hydrogens is 296 g/mol. The number of methoxy groups -OCH3 is 1. The Hall–Kier alpha value is -1.92. The fourth-order valence-corrected chi connectivity index (χ4v) is 2.79. The summed E-state index contributed by atoms with van der Waals surface area (Å²) in [6, 6.07) is 6.73. The number of benzene rings is 1. The summed E-state index contributed by atoms with van der Waals surface area (Å²) in [6.07, 6.45) is 1.49. The van der Waals surface area contributed by atoms with Gasteiger partial charge in [-0.15, -0.1) is 0 Å². The molecule has 1 aromatic carbocycles. The number of ether oxygens (including phenoxy) is 2. The number of amides is 1. The number of anilines is 1. The predicted octanol–water partition coefficient (Wildman–Crippen LogP) is 1.82. The summed E-state index contributed by atoms with van der Waals surface area (Å²) >= 11 is 0.